The van der Waals surface area contributed by atoms with E-state index in [0.717, 1.165) is 18.2 Å². The summed E-state index contributed by atoms with van der Waals surface area (Å²) in [5.74, 6) is 0.0313. The Hall–Kier alpha value is -2.28. The molecule has 2 aromatic carbocycles. The van der Waals surface area contributed by atoms with E-state index >= 15 is 0 Å². The molecular formula is C14H15FN2O3S. The second kappa shape index (κ2) is 5.61. The molecule has 0 aliphatic carbocycles. The van der Waals surface area contributed by atoms with Gasteiger partial charge in [-0.25, -0.2) is 12.8 Å². The molecule has 3 N–H and O–H groups in total. The van der Waals surface area contributed by atoms with Crippen molar-refractivity contribution < 1.29 is 17.5 Å². The summed E-state index contributed by atoms with van der Waals surface area (Å²) in [5.41, 5.74) is 6.52. The van der Waals surface area contributed by atoms with Crippen LogP contribution in [-0.2, 0) is 10.0 Å². The van der Waals surface area contributed by atoms with E-state index < -0.39 is 15.8 Å². The van der Waals surface area contributed by atoms with Crippen molar-refractivity contribution >= 4 is 21.4 Å². The average Bonchev–Trinajstić information content (AvgIpc) is 2.40. The van der Waals surface area contributed by atoms with E-state index in [-0.39, 0.29) is 10.6 Å². The number of sulfonamides is 1. The van der Waals surface area contributed by atoms with Crippen molar-refractivity contribution in [1.29, 1.82) is 0 Å². The summed E-state index contributed by atoms with van der Waals surface area (Å²) in [6.45, 7) is 1.74. The van der Waals surface area contributed by atoms with E-state index in [4.69, 9.17) is 10.5 Å². The van der Waals surface area contributed by atoms with E-state index in [1.54, 1.807) is 25.1 Å². The van der Waals surface area contributed by atoms with Gasteiger partial charge in [0.05, 0.1) is 18.5 Å². The maximum atomic E-state index is 13.0. The number of hydrogen-bond donors (Lipinski definition) is 2. The number of benzene rings is 2. The Labute approximate surface area is 122 Å². The highest BCUT2D eigenvalue weighted by molar-refractivity contribution is 7.92. The summed E-state index contributed by atoms with van der Waals surface area (Å²) in [6, 6.07) is 8.07. The topological polar surface area (TPSA) is 81.4 Å². The lowest BCUT2D eigenvalue weighted by Crippen LogP contribution is -2.15. The molecule has 0 saturated carbocycles. The highest BCUT2D eigenvalue weighted by atomic mass is 32.2. The molecule has 2 aromatic rings. The Morgan fingerprint density at radius 2 is 1.90 bits per heavy atom. The molecule has 112 valence electrons. The molecule has 0 unspecified atom stereocenters. The maximum absolute atomic E-state index is 13.0. The lowest BCUT2D eigenvalue weighted by Gasteiger charge is -2.13. The predicted molar refractivity (Wildman–Crippen MR) is 79.4 cm³/mol. The van der Waals surface area contributed by atoms with Crippen molar-refractivity contribution in [1.82, 2.24) is 0 Å². The molecule has 21 heavy (non-hydrogen) atoms. The molecule has 0 fully saturated rings. The minimum absolute atomic E-state index is 0.145. The highest BCUT2D eigenvalue weighted by Gasteiger charge is 2.19. The normalized spacial score (nSPS) is 11.2. The lowest BCUT2D eigenvalue weighted by molar-refractivity contribution is 0.414. The van der Waals surface area contributed by atoms with Crippen molar-refractivity contribution in [2.24, 2.45) is 0 Å². The number of anilines is 2. The maximum Gasteiger partial charge on any atom is 0.263 e. The quantitative estimate of drug-likeness (QED) is 0.850. The van der Waals surface area contributed by atoms with Crippen molar-refractivity contribution in [3.8, 4) is 5.75 Å². The number of ether oxygens (including phenoxy) is 1. The minimum Gasteiger partial charge on any atom is -0.497 e. The monoisotopic (exact) mass is 310 g/mol. The van der Waals surface area contributed by atoms with Crippen molar-refractivity contribution in [2.75, 3.05) is 17.6 Å². The summed E-state index contributed by atoms with van der Waals surface area (Å²) in [5, 5.41) is 0. The Morgan fingerprint density at radius 1 is 1.19 bits per heavy atom. The Morgan fingerprint density at radius 3 is 2.48 bits per heavy atom. The molecule has 0 aromatic heterocycles. The van der Waals surface area contributed by atoms with Gasteiger partial charge in [0.25, 0.3) is 10.0 Å². The Bertz CT molecular complexity index is 776. The first-order valence-corrected chi connectivity index (χ1v) is 7.54. The fraction of sp³-hybridized carbons (Fsp3) is 0.143. The van der Waals surface area contributed by atoms with E-state index in [0.29, 0.717) is 17.0 Å². The van der Waals surface area contributed by atoms with Gasteiger partial charge in [-0.2, -0.15) is 0 Å². The second-order valence-corrected chi connectivity index (χ2v) is 6.12. The summed E-state index contributed by atoms with van der Waals surface area (Å²) in [7, 11) is -2.36. The zero-order valence-corrected chi connectivity index (χ0v) is 12.4. The zero-order valence-electron chi connectivity index (χ0n) is 11.6. The summed E-state index contributed by atoms with van der Waals surface area (Å²) < 4.78 is 45.1. The number of nitrogens with two attached hydrogens (primary N) is 1. The summed E-state index contributed by atoms with van der Waals surface area (Å²) in [6.07, 6.45) is 0. The van der Waals surface area contributed by atoms with Crippen LogP contribution < -0.4 is 15.2 Å². The van der Waals surface area contributed by atoms with E-state index in [1.807, 2.05) is 0 Å². The second-order valence-electron chi connectivity index (χ2n) is 4.47. The van der Waals surface area contributed by atoms with Crippen molar-refractivity contribution in [3.05, 3.63) is 47.8 Å². The molecule has 0 radical (unpaired) electrons. The molecule has 0 bridgehead atoms. The first-order valence-electron chi connectivity index (χ1n) is 6.06. The van der Waals surface area contributed by atoms with Crippen LogP contribution in [0.5, 0.6) is 5.75 Å². The number of halogens is 1. The predicted octanol–water partition coefficient (Wildman–Crippen LogP) is 2.53. The van der Waals surface area contributed by atoms with Gasteiger partial charge < -0.3 is 10.5 Å². The first-order chi connectivity index (χ1) is 9.83. The van der Waals surface area contributed by atoms with E-state index in [1.165, 1.54) is 7.11 Å². The molecule has 7 heteroatoms. The largest absolute Gasteiger partial charge is 0.497 e. The zero-order chi connectivity index (χ0) is 15.6. The minimum atomic E-state index is -3.89. The van der Waals surface area contributed by atoms with Gasteiger partial charge in [0.15, 0.2) is 0 Å². The van der Waals surface area contributed by atoms with Crippen molar-refractivity contribution in [2.45, 2.75) is 11.8 Å². The number of nitrogens with one attached hydrogen (secondary N) is 1. The van der Waals surface area contributed by atoms with Crippen LogP contribution in [0, 0.1) is 12.7 Å². The van der Waals surface area contributed by atoms with Crippen LogP contribution in [0.25, 0.3) is 0 Å². The SMILES string of the molecule is COc1ccc(NS(=O)(=O)c2ccc(F)cc2N)c(C)c1. The van der Waals surface area contributed by atoms with E-state index in [2.05, 4.69) is 4.72 Å². The van der Waals surface area contributed by atoms with Gasteiger partial charge in [-0.15, -0.1) is 0 Å². The first kappa shape index (κ1) is 15.1. The third-order valence-electron chi connectivity index (χ3n) is 2.94. The molecule has 2 rings (SSSR count). The molecule has 0 atom stereocenters. The van der Waals surface area contributed by atoms with Gasteiger partial charge in [-0.05, 0) is 48.9 Å². The molecule has 0 saturated heterocycles. The summed E-state index contributed by atoms with van der Waals surface area (Å²) >= 11 is 0. The molecular weight excluding hydrogens is 295 g/mol. The van der Waals surface area contributed by atoms with Crippen molar-refractivity contribution in [3.63, 3.8) is 0 Å². The molecule has 5 nitrogen and oxygen atoms in total. The van der Waals surface area contributed by atoms with Crippen LogP contribution in [0.2, 0.25) is 0 Å². The van der Waals surface area contributed by atoms with Crippen LogP contribution in [0.15, 0.2) is 41.3 Å². The molecule has 0 amide bonds. The molecule has 0 heterocycles. The number of methoxy groups -OCH3 is 1. The highest BCUT2D eigenvalue weighted by Crippen LogP contribution is 2.26. The third-order valence-corrected chi connectivity index (χ3v) is 4.38. The number of aryl methyl sites for hydroxylation is 1. The number of rotatable bonds is 4. The number of nitrogen functional groups attached to an aromatic ring is 1. The summed E-state index contributed by atoms with van der Waals surface area (Å²) in [4.78, 5) is -0.167. The fourth-order valence-corrected chi connectivity index (χ4v) is 3.09. The number of hydrogen-bond acceptors (Lipinski definition) is 4. The van der Waals surface area contributed by atoms with Crippen LogP contribution in [0.1, 0.15) is 5.56 Å². The van der Waals surface area contributed by atoms with Gasteiger partial charge in [-0.1, -0.05) is 0 Å². The van der Waals surface area contributed by atoms with Gasteiger partial charge >= 0.3 is 0 Å². The fourth-order valence-electron chi connectivity index (χ4n) is 1.84. The van der Waals surface area contributed by atoms with E-state index in [9.17, 15) is 12.8 Å². The smallest absolute Gasteiger partial charge is 0.263 e. The Balaban J connectivity index is 2.37. The van der Waals surface area contributed by atoms with Gasteiger partial charge in [0.1, 0.15) is 16.5 Å². The molecule has 0 spiro atoms. The van der Waals surface area contributed by atoms with Crippen LogP contribution in [-0.4, -0.2) is 15.5 Å². The lowest BCUT2D eigenvalue weighted by atomic mass is 10.2. The van der Waals surface area contributed by atoms with Gasteiger partial charge in [-0.3, -0.25) is 4.72 Å². The van der Waals surface area contributed by atoms with Crippen LogP contribution in [0.3, 0.4) is 0 Å². The third kappa shape index (κ3) is 3.25. The molecule has 0 aliphatic rings. The van der Waals surface area contributed by atoms with Crippen LogP contribution >= 0.6 is 0 Å². The molecule has 0 aliphatic heterocycles. The standard InChI is InChI=1S/C14H15FN2O3S/c1-9-7-11(20-2)4-5-13(9)17-21(18,19)14-6-3-10(15)8-12(14)16/h3-8,17H,16H2,1-2H3. The average molecular weight is 310 g/mol. The van der Waals surface area contributed by atoms with Gasteiger partial charge in [0, 0.05) is 0 Å². The Kier molecular flexibility index (Phi) is 4.04. The van der Waals surface area contributed by atoms with Gasteiger partial charge in [0.2, 0.25) is 0 Å². The van der Waals surface area contributed by atoms with Crippen LogP contribution in [0.4, 0.5) is 15.8 Å².